The first kappa shape index (κ1) is 17.4. The van der Waals surface area contributed by atoms with Crippen LogP contribution in [0.15, 0.2) is 35.6 Å². The number of aryl methyl sites for hydroxylation is 1. The maximum Gasteiger partial charge on any atom is 0.245 e. The van der Waals surface area contributed by atoms with Crippen molar-refractivity contribution in [3.8, 4) is 17.2 Å². The van der Waals surface area contributed by atoms with E-state index < -0.39 is 0 Å². The summed E-state index contributed by atoms with van der Waals surface area (Å²) in [4.78, 5) is 11.9. The Labute approximate surface area is 140 Å². The Morgan fingerprint density at radius 3 is 2.38 bits per heavy atom. The predicted octanol–water partition coefficient (Wildman–Crippen LogP) is 1.74. The van der Waals surface area contributed by atoms with Crippen molar-refractivity contribution in [3.63, 3.8) is 0 Å². The highest BCUT2D eigenvalue weighted by Gasteiger charge is 2.12. The minimum atomic E-state index is -0.194. The molecule has 2 aromatic rings. The Kier molecular flexibility index (Phi) is 5.83. The monoisotopic (exact) mass is 331 g/mol. The summed E-state index contributed by atoms with van der Waals surface area (Å²) in [6.45, 7) is 0. The number of nitrogens with one attached hydrogen (secondary N) is 1. The van der Waals surface area contributed by atoms with E-state index in [1.54, 1.807) is 26.4 Å². The lowest BCUT2D eigenvalue weighted by atomic mass is 10.2. The average Bonchev–Trinajstić information content (AvgIpc) is 2.98. The third kappa shape index (κ3) is 4.07. The molecule has 2 rings (SSSR count). The van der Waals surface area contributed by atoms with E-state index in [4.69, 9.17) is 14.2 Å². The van der Waals surface area contributed by atoms with Crippen LogP contribution >= 0.6 is 0 Å². The molecule has 128 valence electrons. The third-order valence-corrected chi connectivity index (χ3v) is 3.48. The van der Waals surface area contributed by atoms with E-state index in [0.717, 1.165) is 5.69 Å². The van der Waals surface area contributed by atoms with Crippen LogP contribution in [0.2, 0.25) is 0 Å². The number of hydrogen-bond acceptors (Lipinski definition) is 5. The molecule has 7 nitrogen and oxygen atoms in total. The van der Waals surface area contributed by atoms with Crippen LogP contribution in [0.4, 0.5) is 0 Å². The number of amides is 1. The van der Waals surface area contributed by atoms with E-state index in [2.05, 4.69) is 10.5 Å². The highest BCUT2D eigenvalue weighted by molar-refractivity contribution is 5.84. The van der Waals surface area contributed by atoms with Gasteiger partial charge in [0, 0.05) is 24.5 Å². The molecule has 0 saturated carbocycles. The zero-order chi connectivity index (χ0) is 17.5. The van der Waals surface area contributed by atoms with E-state index in [0.29, 0.717) is 22.8 Å². The second-order valence-electron chi connectivity index (χ2n) is 5.04. The molecule has 7 heteroatoms. The number of carbonyl (C=O) groups excluding carboxylic acids is 1. The number of ether oxygens (including phenoxy) is 3. The summed E-state index contributed by atoms with van der Waals surface area (Å²) in [6, 6.07) is 7.27. The number of benzene rings is 1. The van der Waals surface area contributed by atoms with Crippen LogP contribution in [-0.2, 0) is 18.3 Å². The summed E-state index contributed by atoms with van der Waals surface area (Å²) in [7, 11) is 6.51. The Hall–Kier alpha value is -2.96. The summed E-state index contributed by atoms with van der Waals surface area (Å²) in [5.41, 5.74) is 4.13. The topological polar surface area (TPSA) is 74.1 Å². The molecular weight excluding hydrogens is 310 g/mol. The standard InChI is InChI=1S/C17H21N3O4/c1-20-7-5-6-13(20)10-16(21)19-18-11-12-8-14(22-2)17(24-4)15(9-12)23-3/h5-9,11H,10H2,1-4H3,(H,19,21)/b18-11+. The van der Waals surface area contributed by atoms with Gasteiger partial charge in [0.2, 0.25) is 11.7 Å². The number of carbonyl (C=O) groups is 1. The molecule has 0 bridgehead atoms. The average molecular weight is 331 g/mol. The van der Waals surface area contributed by atoms with Gasteiger partial charge >= 0.3 is 0 Å². The van der Waals surface area contributed by atoms with Crippen LogP contribution in [0.5, 0.6) is 17.2 Å². The zero-order valence-electron chi connectivity index (χ0n) is 14.2. The van der Waals surface area contributed by atoms with Gasteiger partial charge in [-0.15, -0.1) is 0 Å². The second-order valence-corrected chi connectivity index (χ2v) is 5.04. The molecule has 0 fully saturated rings. The Morgan fingerprint density at radius 1 is 1.21 bits per heavy atom. The van der Waals surface area contributed by atoms with Crippen LogP contribution in [-0.4, -0.2) is 38.0 Å². The summed E-state index contributed by atoms with van der Waals surface area (Å²) >= 11 is 0. The normalized spacial score (nSPS) is 10.7. The van der Waals surface area contributed by atoms with Gasteiger partial charge in [0.1, 0.15) is 0 Å². The number of methoxy groups -OCH3 is 3. The predicted molar refractivity (Wildman–Crippen MR) is 91.0 cm³/mol. The molecule has 24 heavy (non-hydrogen) atoms. The van der Waals surface area contributed by atoms with Gasteiger partial charge < -0.3 is 18.8 Å². The summed E-state index contributed by atoms with van der Waals surface area (Å²) in [5, 5.41) is 3.97. The second kappa shape index (κ2) is 8.05. The molecule has 0 atom stereocenters. The lowest BCUT2D eigenvalue weighted by molar-refractivity contribution is -0.120. The van der Waals surface area contributed by atoms with Gasteiger partial charge in [-0.1, -0.05) is 0 Å². The molecule has 1 N–H and O–H groups in total. The minimum Gasteiger partial charge on any atom is -0.493 e. The lowest BCUT2D eigenvalue weighted by Gasteiger charge is -2.12. The maximum atomic E-state index is 11.9. The van der Waals surface area contributed by atoms with Gasteiger partial charge in [-0.3, -0.25) is 4.79 Å². The fourth-order valence-electron chi connectivity index (χ4n) is 2.24. The van der Waals surface area contributed by atoms with Crippen molar-refractivity contribution in [3.05, 3.63) is 41.7 Å². The summed E-state index contributed by atoms with van der Waals surface area (Å²) in [6.07, 6.45) is 3.67. The van der Waals surface area contributed by atoms with Crippen molar-refractivity contribution < 1.29 is 19.0 Å². The van der Waals surface area contributed by atoms with Crippen LogP contribution in [0, 0.1) is 0 Å². The number of nitrogens with zero attached hydrogens (tertiary/aromatic N) is 2. The van der Waals surface area contributed by atoms with Crippen LogP contribution < -0.4 is 19.6 Å². The largest absolute Gasteiger partial charge is 0.493 e. The van der Waals surface area contributed by atoms with Gasteiger partial charge in [0.05, 0.1) is 34.0 Å². The smallest absolute Gasteiger partial charge is 0.245 e. The molecule has 0 radical (unpaired) electrons. The Bertz CT molecular complexity index is 712. The molecule has 1 heterocycles. The number of hydrogen-bond donors (Lipinski definition) is 1. The van der Waals surface area contributed by atoms with E-state index in [9.17, 15) is 4.79 Å². The number of aromatic nitrogens is 1. The van der Waals surface area contributed by atoms with Crippen molar-refractivity contribution in [2.24, 2.45) is 12.1 Å². The summed E-state index contributed by atoms with van der Waals surface area (Å²) < 4.78 is 17.7. The SMILES string of the molecule is COc1cc(/C=N/NC(=O)Cc2cccn2C)cc(OC)c1OC. The first-order valence-electron chi connectivity index (χ1n) is 7.31. The van der Waals surface area contributed by atoms with Crippen molar-refractivity contribution in [1.29, 1.82) is 0 Å². The molecule has 0 aliphatic rings. The fourth-order valence-corrected chi connectivity index (χ4v) is 2.24. The molecule has 0 aliphatic heterocycles. The maximum absolute atomic E-state index is 11.9. The highest BCUT2D eigenvalue weighted by atomic mass is 16.5. The molecule has 1 aromatic heterocycles. The molecule has 1 aromatic carbocycles. The fraction of sp³-hybridized carbons (Fsp3) is 0.294. The number of rotatable bonds is 7. The Morgan fingerprint density at radius 2 is 1.88 bits per heavy atom. The van der Waals surface area contributed by atoms with Gasteiger partial charge in [-0.05, 0) is 24.3 Å². The molecular formula is C17H21N3O4. The van der Waals surface area contributed by atoms with E-state index in [-0.39, 0.29) is 12.3 Å². The lowest BCUT2D eigenvalue weighted by Crippen LogP contribution is -2.20. The van der Waals surface area contributed by atoms with Crippen LogP contribution in [0.1, 0.15) is 11.3 Å². The first-order chi connectivity index (χ1) is 11.6. The molecule has 0 saturated heterocycles. The van der Waals surface area contributed by atoms with Gasteiger partial charge in [-0.25, -0.2) is 5.43 Å². The van der Waals surface area contributed by atoms with Crippen molar-refractivity contribution in [2.75, 3.05) is 21.3 Å². The highest BCUT2D eigenvalue weighted by Crippen LogP contribution is 2.37. The number of hydrazone groups is 1. The van der Waals surface area contributed by atoms with Crippen LogP contribution in [0.25, 0.3) is 0 Å². The summed E-state index contributed by atoms with van der Waals surface area (Å²) in [5.74, 6) is 1.35. The van der Waals surface area contributed by atoms with Crippen molar-refractivity contribution in [1.82, 2.24) is 9.99 Å². The van der Waals surface area contributed by atoms with Crippen LogP contribution in [0.3, 0.4) is 0 Å². The van der Waals surface area contributed by atoms with E-state index in [1.807, 2.05) is 29.9 Å². The van der Waals surface area contributed by atoms with E-state index >= 15 is 0 Å². The molecule has 0 unspecified atom stereocenters. The van der Waals surface area contributed by atoms with Gasteiger partial charge in [0.15, 0.2) is 11.5 Å². The third-order valence-electron chi connectivity index (χ3n) is 3.48. The zero-order valence-corrected chi connectivity index (χ0v) is 14.2. The van der Waals surface area contributed by atoms with Crippen molar-refractivity contribution in [2.45, 2.75) is 6.42 Å². The van der Waals surface area contributed by atoms with E-state index in [1.165, 1.54) is 13.3 Å². The molecule has 1 amide bonds. The molecule has 0 aliphatic carbocycles. The quantitative estimate of drug-likeness (QED) is 0.619. The van der Waals surface area contributed by atoms with Gasteiger partial charge in [0.25, 0.3) is 0 Å². The Balaban J connectivity index is 2.06. The van der Waals surface area contributed by atoms with Crippen molar-refractivity contribution >= 4 is 12.1 Å². The first-order valence-corrected chi connectivity index (χ1v) is 7.31. The minimum absolute atomic E-state index is 0.194. The van der Waals surface area contributed by atoms with Gasteiger partial charge in [-0.2, -0.15) is 5.10 Å². The molecule has 0 spiro atoms.